The third-order valence-electron chi connectivity index (χ3n) is 1.60. The van der Waals surface area contributed by atoms with Crippen molar-refractivity contribution in [3.63, 3.8) is 0 Å². The Balaban J connectivity index is 3.35. The molecule has 0 aliphatic carbocycles. The van der Waals surface area contributed by atoms with E-state index in [1.165, 1.54) is 5.75 Å². The number of thioether (sulfide) groups is 1. The van der Waals surface area contributed by atoms with Crippen molar-refractivity contribution in [3.05, 3.63) is 0 Å². The van der Waals surface area contributed by atoms with Crippen LogP contribution in [0, 0.1) is 0 Å². The van der Waals surface area contributed by atoms with Crippen LogP contribution in [-0.4, -0.2) is 43.4 Å². The molecule has 3 nitrogen and oxygen atoms in total. The molecule has 0 aromatic carbocycles. The predicted molar refractivity (Wildman–Crippen MR) is 68.1 cm³/mol. The lowest BCUT2D eigenvalue weighted by Crippen LogP contribution is -2.42. The van der Waals surface area contributed by atoms with Gasteiger partial charge in [-0.15, -0.1) is 0 Å². The van der Waals surface area contributed by atoms with E-state index in [9.17, 15) is 0 Å². The van der Waals surface area contributed by atoms with Crippen LogP contribution in [0.15, 0.2) is 0 Å². The number of hydrogen-bond acceptors (Lipinski definition) is 3. The Kier molecular flexibility index (Phi) is 9.55. The van der Waals surface area contributed by atoms with Crippen molar-refractivity contribution in [2.45, 2.75) is 19.4 Å². The summed E-state index contributed by atoms with van der Waals surface area (Å²) in [7, 11) is 1.69. The Morgan fingerprint density at radius 1 is 1.57 bits per heavy atom. The summed E-state index contributed by atoms with van der Waals surface area (Å²) < 4.78 is 4.99. The van der Waals surface area contributed by atoms with E-state index in [2.05, 4.69) is 16.9 Å². The summed E-state index contributed by atoms with van der Waals surface area (Å²) in [6, 6.07) is 0.264. The van der Waals surface area contributed by atoms with Crippen LogP contribution >= 0.6 is 24.0 Å². The van der Waals surface area contributed by atoms with Crippen LogP contribution in [0.1, 0.15) is 13.3 Å². The van der Waals surface area contributed by atoms with Crippen LogP contribution in [0.4, 0.5) is 0 Å². The summed E-state index contributed by atoms with van der Waals surface area (Å²) in [5, 5.41) is 7.02. The summed E-state index contributed by atoms with van der Waals surface area (Å²) in [6.45, 7) is 3.65. The molecule has 1 unspecified atom stereocenters. The average molecular weight is 236 g/mol. The van der Waals surface area contributed by atoms with Crippen molar-refractivity contribution in [2.24, 2.45) is 0 Å². The third kappa shape index (κ3) is 8.59. The second kappa shape index (κ2) is 9.55. The molecule has 0 bridgehead atoms. The lowest BCUT2D eigenvalue weighted by Gasteiger charge is -2.15. The third-order valence-corrected chi connectivity index (χ3v) is 2.56. The lowest BCUT2D eigenvalue weighted by molar-refractivity contribution is 0.179. The molecular formula is C9H20N2OS2. The zero-order valence-corrected chi connectivity index (χ0v) is 10.8. The Hall–Kier alpha value is 0. The minimum absolute atomic E-state index is 0.264. The maximum absolute atomic E-state index is 5.11. The van der Waals surface area contributed by atoms with Gasteiger partial charge < -0.3 is 15.4 Å². The molecule has 0 aliphatic rings. The lowest BCUT2D eigenvalue weighted by atomic mass is 10.4. The van der Waals surface area contributed by atoms with Crippen molar-refractivity contribution < 1.29 is 4.74 Å². The number of ether oxygens (including phenoxy) is 1. The van der Waals surface area contributed by atoms with Gasteiger partial charge in [0.05, 0.1) is 6.61 Å². The van der Waals surface area contributed by atoms with Gasteiger partial charge in [0.2, 0.25) is 0 Å². The number of nitrogens with one attached hydrogen (secondary N) is 2. The van der Waals surface area contributed by atoms with Crippen molar-refractivity contribution in [1.82, 2.24) is 10.6 Å². The molecule has 0 saturated heterocycles. The molecule has 0 heterocycles. The van der Waals surface area contributed by atoms with Crippen molar-refractivity contribution >= 4 is 29.1 Å². The van der Waals surface area contributed by atoms with Crippen LogP contribution in [0.5, 0.6) is 0 Å². The Labute approximate surface area is 96.4 Å². The van der Waals surface area contributed by atoms with Crippen LogP contribution < -0.4 is 10.6 Å². The van der Waals surface area contributed by atoms with Gasteiger partial charge in [-0.25, -0.2) is 0 Å². The van der Waals surface area contributed by atoms with Crippen molar-refractivity contribution in [1.29, 1.82) is 0 Å². The summed E-state index contributed by atoms with van der Waals surface area (Å²) in [5.74, 6) is 1.17. The fourth-order valence-electron chi connectivity index (χ4n) is 0.985. The van der Waals surface area contributed by atoms with Crippen molar-refractivity contribution in [2.75, 3.05) is 32.3 Å². The molecule has 0 spiro atoms. The maximum Gasteiger partial charge on any atom is 0.166 e. The molecule has 84 valence electrons. The van der Waals surface area contributed by atoms with E-state index in [-0.39, 0.29) is 6.04 Å². The summed E-state index contributed by atoms with van der Waals surface area (Å²) in [4.78, 5) is 0. The molecule has 0 aliphatic heterocycles. The van der Waals surface area contributed by atoms with Crippen molar-refractivity contribution in [3.8, 4) is 0 Å². The number of methoxy groups -OCH3 is 1. The number of hydrogen-bond donors (Lipinski definition) is 2. The Bertz CT molecular complexity index is 156. The molecular weight excluding hydrogens is 216 g/mol. The minimum atomic E-state index is 0.264. The van der Waals surface area contributed by atoms with Crippen LogP contribution in [-0.2, 0) is 4.74 Å². The van der Waals surface area contributed by atoms with Gasteiger partial charge in [-0.3, -0.25) is 0 Å². The molecule has 5 heteroatoms. The largest absolute Gasteiger partial charge is 0.383 e. The summed E-state index contributed by atoms with van der Waals surface area (Å²) in [5.41, 5.74) is 0. The highest BCUT2D eigenvalue weighted by Gasteiger charge is 2.01. The maximum atomic E-state index is 5.11. The van der Waals surface area contributed by atoms with Gasteiger partial charge in [0.25, 0.3) is 0 Å². The van der Waals surface area contributed by atoms with Crippen LogP contribution in [0.25, 0.3) is 0 Å². The minimum Gasteiger partial charge on any atom is -0.383 e. The van der Waals surface area contributed by atoms with Gasteiger partial charge in [-0.2, -0.15) is 11.8 Å². The normalized spacial score (nSPS) is 12.2. The first-order valence-electron chi connectivity index (χ1n) is 4.73. The highest BCUT2D eigenvalue weighted by Crippen LogP contribution is 1.93. The molecule has 0 saturated carbocycles. The van der Waals surface area contributed by atoms with E-state index in [0.29, 0.717) is 6.61 Å². The zero-order valence-electron chi connectivity index (χ0n) is 9.13. The SMILES string of the molecule is COCC(C)NC(=S)NCCCSC. The first kappa shape index (κ1) is 14.0. The van der Waals surface area contributed by atoms with E-state index >= 15 is 0 Å². The van der Waals surface area contributed by atoms with Crippen LogP contribution in [0.2, 0.25) is 0 Å². The van der Waals surface area contributed by atoms with Gasteiger partial charge in [0.15, 0.2) is 5.11 Å². The second-order valence-corrected chi connectivity index (χ2v) is 4.50. The Morgan fingerprint density at radius 3 is 2.86 bits per heavy atom. The van der Waals surface area contributed by atoms with E-state index in [4.69, 9.17) is 17.0 Å². The van der Waals surface area contributed by atoms with Gasteiger partial charge >= 0.3 is 0 Å². The topological polar surface area (TPSA) is 33.3 Å². The number of thiocarbonyl (C=S) groups is 1. The molecule has 0 aromatic heterocycles. The quantitative estimate of drug-likeness (QED) is 0.513. The molecule has 14 heavy (non-hydrogen) atoms. The molecule has 1 atom stereocenters. The smallest absolute Gasteiger partial charge is 0.166 e. The summed E-state index contributed by atoms with van der Waals surface area (Å²) >= 11 is 6.96. The molecule has 0 radical (unpaired) electrons. The van der Waals surface area contributed by atoms with Gasteiger partial charge in [-0.1, -0.05) is 0 Å². The van der Waals surface area contributed by atoms with Crippen LogP contribution in [0.3, 0.4) is 0 Å². The molecule has 0 rings (SSSR count). The number of rotatable bonds is 7. The van der Waals surface area contributed by atoms with E-state index < -0.39 is 0 Å². The first-order valence-corrected chi connectivity index (χ1v) is 6.53. The molecule has 0 amide bonds. The second-order valence-electron chi connectivity index (χ2n) is 3.10. The zero-order chi connectivity index (χ0) is 10.8. The molecule has 2 N–H and O–H groups in total. The van der Waals surface area contributed by atoms with E-state index in [0.717, 1.165) is 18.1 Å². The van der Waals surface area contributed by atoms with Gasteiger partial charge in [-0.05, 0) is 37.6 Å². The average Bonchev–Trinajstić information content (AvgIpc) is 2.13. The Morgan fingerprint density at radius 2 is 2.29 bits per heavy atom. The van der Waals surface area contributed by atoms with Gasteiger partial charge in [0, 0.05) is 19.7 Å². The fraction of sp³-hybridized carbons (Fsp3) is 0.889. The predicted octanol–water partition coefficient (Wildman–Crippen LogP) is 1.24. The first-order chi connectivity index (χ1) is 6.70. The monoisotopic (exact) mass is 236 g/mol. The highest BCUT2D eigenvalue weighted by molar-refractivity contribution is 7.98. The van der Waals surface area contributed by atoms with E-state index in [1.54, 1.807) is 7.11 Å². The molecule has 0 fully saturated rings. The summed E-state index contributed by atoms with van der Waals surface area (Å²) in [6.07, 6.45) is 3.25. The molecule has 0 aromatic rings. The standard InChI is InChI=1S/C9H20N2OS2/c1-8(7-12-2)11-9(13)10-5-4-6-14-3/h8H,4-7H2,1-3H3,(H2,10,11,13). The van der Waals surface area contributed by atoms with E-state index in [1.807, 2.05) is 18.7 Å². The van der Waals surface area contributed by atoms with Gasteiger partial charge in [0.1, 0.15) is 0 Å². The highest BCUT2D eigenvalue weighted by atomic mass is 32.2. The fourth-order valence-corrected chi connectivity index (χ4v) is 1.72.